The van der Waals surface area contributed by atoms with Crippen molar-refractivity contribution < 1.29 is 25.1 Å². The summed E-state index contributed by atoms with van der Waals surface area (Å²) in [5.74, 6) is 0. The van der Waals surface area contributed by atoms with Gasteiger partial charge in [0.15, 0.2) is 0 Å². The van der Waals surface area contributed by atoms with Crippen LogP contribution in [0.3, 0.4) is 0 Å². The summed E-state index contributed by atoms with van der Waals surface area (Å²) < 4.78 is 0. The molecule has 0 aliphatic rings. The van der Waals surface area contributed by atoms with Gasteiger partial charge in [0.1, 0.15) is 0 Å². The minimum Gasteiger partial charge on any atom is -0.447 e. The fourth-order valence-corrected chi connectivity index (χ4v) is 1.24. The SMILES string of the molecule is CB(O)c1cc(B(O)O)cc(B(O)O)c1. The van der Waals surface area contributed by atoms with Crippen LogP contribution in [-0.4, -0.2) is 46.3 Å². The van der Waals surface area contributed by atoms with E-state index in [1.165, 1.54) is 25.0 Å². The van der Waals surface area contributed by atoms with Crippen molar-refractivity contribution in [1.82, 2.24) is 0 Å². The molecule has 0 heterocycles. The first-order valence-corrected chi connectivity index (χ1v) is 4.47. The Labute approximate surface area is 88.4 Å². The van der Waals surface area contributed by atoms with E-state index in [1.54, 1.807) is 0 Å². The van der Waals surface area contributed by atoms with Gasteiger partial charge in [-0.2, -0.15) is 0 Å². The molecular weight excluding hydrogens is 197 g/mol. The van der Waals surface area contributed by atoms with Crippen LogP contribution in [0.5, 0.6) is 0 Å². The quantitative estimate of drug-likeness (QED) is 0.324. The lowest BCUT2D eigenvalue weighted by molar-refractivity contribution is 0.425. The summed E-state index contributed by atoms with van der Waals surface area (Å²) >= 11 is 0. The molecule has 78 valence electrons. The summed E-state index contributed by atoms with van der Waals surface area (Å²) in [5, 5.41) is 45.1. The van der Waals surface area contributed by atoms with Crippen LogP contribution in [0.25, 0.3) is 0 Å². The summed E-state index contributed by atoms with van der Waals surface area (Å²) in [7, 11) is -3.41. The van der Waals surface area contributed by atoms with E-state index in [4.69, 9.17) is 20.1 Å². The fraction of sp³-hybridized carbons (Fsp3) is 0.143. The zero-order valence-electron chi connectivity index (χ0n) is 8.20. The Hall–Kier alpha value is -0.785. The van der Waals surface area contributed by atoms with Crippen LogP contribution < -0.4 is 16.4 Å². The second kappa shape index (κ2) is 4.82. The van der Waals surface area contributed by atoms with Gasteiger partial charge in [-0.05, 0) is 10.9 Å². The van der Waals surface area contributed by atoms with Crippen molar-refractivity contribution in [1.29, 1.82) is 0 Å². The molecular formula is C7H11B3O5. The van der Waals surface area contributed by atoms with Crippen molar-refractivity contribution in [3.8, 4) is 0 Å². The van der Waals surface area contributed by atoms with Gasteiger partial charge in [0.2, 0.25) is 0 Å². The molecule has 0 unspecified atom stereocenters. The molecule has 0 bridgehead atoms. The Bertz CT molecular complexity index is 277. The van der Waals surface area contributed by atoms with E-state index >= 15 is 0 Å². The van der Waals surface area contributed by atoms with Crippen molar-refractivity contribution in [2.75, 3.05) is 0 Å². The first kappa shape index (κ1) is 12.3. The van der Waals surface area contributed by atoms with Gasteiger partial charge in [0, 0.05) is 0 Å². The molecule has 0 fully saturated rings. The van der Waals surface area contributed by atoms with E-state index in [1.807, 2.05) is 0 Å². The Morgan fingerprint density at radius 2 is 1.07 bits per heavy atom. The Kier molecular flexibility index (Phi) is 3.95. The molecule has 0 aromatic heterocycles. The number of hydrogen-bond acceptors (Lipinski definition) is 5. The Morgan fingerprint density at radius 1 is 0.733 bits per heavy atom. The number of rotatable bonds is 3. The highest BCUT2D eigenvalue weighted by molar-refractivity contribution is 6.69. The first-order chi connectivity index (χ1) is 6.91. The van der Waals surface area contributed by atoms with Gasteiger partial charge in [0.25, 0.3) is 0 Å². The van der Waals surface area contributed by atoms with E-state index in [9.17, 15) is 5.02 Å². The molecule has 0 amide bonds. The lowest BCUT2D eigenvalue weighted by Crippen LogP contribution is -2.44. The first-order valence-electron chi connectivity index (χ1n) is 4.47. The molecule has 0 saturated heterocycles. The average molecular weight is 208 g/mol. The maximum Gasteiger partial charge on any atom is 0.488 e. The van der Waals surface area contributed by atoms with E-state index in [-0.39, 0.29) is 10.9 Å². The van der Waals surface area contributed by atoms with Gasteiger partial charge >= 0.3 is 21.2 Å². The van der Waals surface area contributed by atoms with Gasteiger partial charge in [-0.1, -0.05) is 30.5 Å². The molecule has 1 aromatic carbocycles. The smallest absolute Gasteiger partial charge is 0.447 e. The predicted molar refractivity (Wildman–Crippen MR) is 59.6 cm³/mol. The largest absolute Gasteiger partial charge is 0.488 e. The Morgan fingerprint density at radius 3 is 1.33 bits per heavy atom. The molecule has 0 radical (unpaired) electrons. The van der Waals surface area contributed by atoms with Crippen LogP contribution in [0.15, 0.2) is 18.2 Å². The molecule has 0 saturated carbocycles. The topological polar surface area (TPSA) is 101 Å². The minimum atomic E-state index is -1.71. The third kappa shape index (κ3) is 3.08. The summed E-state index contributed by atoms with van der Waals surface area (Å²) in [6, 6.07) is 4.03. The van der Waals surface area contributed by atoms with Gasteiger partial charge in [-0.15, -0.1) is 0 Å². The molecule has 5 N–H and O–H groups in total. The highest BCUT2D eigenvalue weighted by Gasteiger charge is 2.20. The molecule has 0 spiro atoms. The summed E-state index contributed by atoms with van der Waals surface area (Å²) in [6.07, 6.45) is 0. The minimum absolute atomic E-state index is 0.108. The van der Waals surface area contributed by atoms with Crippen molar-refractivity contribution in [2.24, 2.45) is 0 Å². The molecule has 0 atom stereocenters. The van der Waals surface area contributed by atoms with Crippen molar-refractivity contribution >= 4 is 37.5 Å². The Balaban J connectivity index is 3.20. The molecule has 1 aromatic rings. The van der Waals surface area contributed by atoms with Crippen molar-refractivity contribution in [3.05, 3.63) is 18.2 Å². The van der Waals surface area contributed by atoms with Crippen LogP contribution in [-0.2, 0) is 0 Å². The third-order valence-electron chi connectivity index (χ3n) is 2.08. The number of benzene rings is 1. The molecule has 8 heteroatoms. The average Bonchev–Trinajstić information content (AvgIpc) is 2.16. The highest BCUT2D eigenvalue weighted by atomic mass is 16.4. The van der Waals surface area contributed by atoms with Crippen LogP contribution in [0.1, 0.15) is 0 Å². The van der Waals surface area contributed by atoms with Crippen LogP contribution in [0.4, 0.5) is 0 Å². The van der Waals surface area contributed by atoms with Crippen LogP contribution >= 0.6 is 0 Å². The van der Waals surface area contributed by atoms with E-state index in [0.717, 1.165) is 0 Å². The maximum atomic E-state index is 9.31. The fourth-order valence-electron chi connectivity index (χ4n) is 1.24. The standard InChI is InChI=1S/C7H11B3O5/c1-8(11)5-2-6(9(12)13)4-7(3-5)10(14)15/h2-4,11-15H,1H3. The van der Waals surface area contributed by atoms with E-state index in [0.29, 0.717) is 5.46 Å². The highest BCUT2D eigenvalue weighted by Crippen LogP contribution is 1.86. The van der Waals surface area contributed by atoms with Gasteiger partial charge in [-0.25, -0.2) is 0 Å². The van der Waals surface area contributed by atoms with Crippen molar-refractivity contribution in [3.63, 3.8) is 0 Å². The van der Waals surface area contributed by atoms with Gasteiger partial charge in [-0.3, -0.25) is 0 Å². The monoisotopic (exact) mass is 208 g/mol. The predicted octanol–water partition coefficient (Wildman–Crippen LogP) is -4.13. The van der Waals surface area contributed by atoms with Crippen LogP contribution in [0, 0.1) is 0 Å². The molecule has 5 nitrogen and oxygen atoms in total. The lowest BCUT2D eigenvalue weighted by Gasteiger charge is -2.09. The zero-order chi connectivity index (χ0) is 11.6. The van der Waals surface area contributed by atoms with Gasteiger partial charge in [0.05, 0.1) is 0 Å². The van der Waals surface area contributed by atoms with E-state index in [2.05, 4.69) is 0 Å². The zero-order valence-corrected chi connectivity index (χ0v) is 8.20. The second-order valence-electron chi connectivity index (χ2n) is 3.36. The maximum absolute atomic E-state index is 9.31. The van der Waals surface area contributed by atoms with E-state index < -0.39 is 21.2 Å². The second-order valence-corrected chi connectivity index (χ2v) is 3.36. The summed E-state index contributed by atoms with van der Waals surface area (Å²) in [4.78, 5) is 0. The lowest BCUT2D eigenvalue weighted by atomic mass is 9.60. The van der Waals surface area contributed by atoms with Crippen molar-refractivity contribution in [2.45, 2.75) is 6.82 Å². The summed E-state index contributed by atoms with van der Waals surface area (Å²) in [5.41, 5.74) is 0.608. The molecule has 0 aliphatic heterocycles. The number of hydrogen-bond donors (Lipinski definition) is 5. The third-order valence-corrected chi connectivity index (χ3v) is 2.08. The normalized spacial score (nSPS) is 10.0. The molecule has 0 aliphatic carbocycles. The molecule has 15 heavy (non-hydrogen) atoms. The summed E-state index contributed by atoms with van der Waals surface area (Å²) in [6.45, 7) is 0.678. The molecule has 1 rings (SSSR count). The van der Waals surface area contributed by atoms with Crippen LogP contribution in [0.2, 0.25) is 6.82 Å². The van der Waals surface area contributed by atoms with Gasteiger partial charge < -0.3 is 25.1 Å².